The van der Waals surface area contributed by atoms with Crippen molar-refractivity contribution in [3.05, 3.63) is 0 Å². The number of rotatable bonds is 2. The van der Waals surface area contributed by atoms with Gasteiger partial charge in [0.05, 0.1) is 0 Å². The van der Waals surface area contributed by atoms with Crippen LogP contribution in [0.25, 0.3) is 0 Å². The Bertz CT molecular complexity index is 133. The predicted molar refractivity (Wildman–Crippen MR) is 51.9 cm³/mol. The van der Waals surface area contributed by atoms with E-state index in [-0.39, 0.29) is 0 Å². The molecule has 1 heteroatoms. The van der Waals surface area contributed by atoms with Crippen LogP contribution in [-0.2, 0) is 0 Å². The van der Waals surface area contributed by atoms with Gasteiger partial charge in [-0.3, -0.25) is 0 Å². The minimum atomic E-state index is 0.364. The molecule has 1 fully saturated rings. The van der Waals surface area contributed by atoms with Crippen molar-refractivity contribution >= 4 is 0 Å². The fourth-order valence-corrected chi connectivity index (χ4v) is 2.67. The molecule has 12 heavy (non-hydrogen) atoms. The molecular weight excluding hydrogens is 148 g/mol. The van der Waals surface area contributed by atoms with Crippen LogP contribution in [0.2, 0.25) is 0 Å². The first-order chi connectivity index (χ1) is 5.65. The zero-order valence-corrected chi connectivity index (χ0v) is 8.59. The second-order valence-electron chi connectivity index (χ2n) is 4.72. The van der Waals surface area contributed by atoms with Crippen LogP contribution in [0.4, 0.5) is 0 Å². The van der Waals surface area contributed by atoms with Gasteiger partial charge >= 0.3 is 0 Å². The molecule has 0 amide bonds. The molecule has 0 heterocycles. The summed E-state index contributed by atoms with van der Waals surface area (Å²) in [6, 6.07) is 0. The van der Waals surface area contributed by atoms with Crippen molar-refractivity contribution in [1.29, 1.82) is 0 Å². The summed E-state index contributed by atoms with van der Waals surface area (Å²) >= 11 is 0. The molecule has 0 aromatic carbocycles. The van der Waals surface area contributed by atoms with Gasteiger partial charge in [0.15, 0.2) is 0 Å². The topological polar surface area (TPSA) is 20.2 Å². The van der Waals surface area contributed by atoms with Crippen LogP contribution in [0.3, 0.4) is 0 Å². The number of aliphatic hydroxyl groups excluding tert-OH is 1. The van der Waals surface area contributed by atoms with Crippen LogP contribution in [-0.4, -0.2) is 11.7 Å². The third-order valence-corrected chi connectivity index (χ3v) is 3.52. The molecule has 1 aliphatic rings. The highest BCUT2D eigenvalue weighted by atomic mass is 16.3. The minimum absolute atomic E-state index is 0.364. The quantitative estimate of drug-likeness (QED) is 0.675. The number of hydrogen-bond acceptors (Lipinski definition) is 1. The van der Waals surface area contributed by atoms with E-state index < -0.39 is 0 Å². The monoisotopic (exact) mass is 170 g/mol. The Morgan fingerprint density at radius 1 is 1.33 bits per heavy atom. The van der Waals surface area contributed by atoms with Gasteiger partial charge in [0.25, 0.3) is 0 Å². The SMILES string of the molecule is CC1CCC(C(C)CO)C(C)C1. The lowest BCUT2D eigenvalue weighted by Crippen LogP contribution is -2.28. The van der Waals surface area contributed by atoms with Gasteiger partial charge in [-0.25, -0.2) is 0 Å². The zero-order chi connectivity index (χ0) is 9.14. The Labute approximate surface area is 76.2 Å². The molecule has 0 spiro atoms. The van der Waals surface area contributed by atoms with Crippen LogP contribution < -0.4 is 0 Å². The molecule has 1 N–H and O–H groups in total. The molecule has 0 aliphatic heterocycles. The zero-order valence-electron chi connectivity index (χ0n) is 8.59. The fourth-order valence-electron chi connectivity index (χ4n) is 2.67. The average molecular weight is 170 g/mol. The second-order valence-corrected chi connectivity index (χ2v) is 4.72. The van der Waals surface area contributed by atoms with Gasteiger partial charge in [-0.05, 0) is 36.5 Å². The summed E-state index contributed by atoms with van der Waals surface area (Å²) in [7, 11) is 0. The Balaban J connectivity index is 2.44. The molecule has 0 bridgehead atoms. The molecular formula is C11H22O. The van der Waals surface area contributed by atoms with Crippen LogP contribution in [0, 0.1) is 23.7 Å². The van der Waals surface area contributed by atoms with E-state index >= 15 is 0 Å². The number of hydrogen-bond donors (Lipinski definition) is 1. The van der Waals surface area contributed by atoms with Crippen LogP contribution >= 0.6 is 0 Å². The summed E-state index contributed by atoms with van der Waals surface area (Å²) in [6.45, 7) is 7.23. The van der Waals surface area contributed by atoms with Crippen molar-refractivity contribution in [3.8, 4) is 0 Å². The lowest BCUT2D eigenvalue weighted by molar-refractivity contribution is 0.103. The second kappa shape index (κ2) is 4.27. The molecule has 4 atom stereocenters. The van der Waals surface area contributed by atoms with Crippen molar-refractivity contribution in [3.63, 3.8) is 0 Å². The Morgan fingerprint density at radius 3 is 2.50 bits per heavy atom. The lowest BCUT2D eigenvalue weighted by atomic mass is 9.71. The summed E-state index contributed by atoms with van der Waals surface area (Å²) in [5.74, 6) is 3.00. The van der Waals surface area contributed by atoms with Gasteiger partial charge in [0.1, 0.15) is 0 Å². The van der Waals surface area contributed by atoms with E-state index in [1.165, 1.54) is 19.3 Å². The molecule has 0 aromatic heterocycles. The molecule has 1 saturated carbocycles. The van der Waals surface area contributed by atoms with Crippen LogP contribution in [0.5, 0.6) is 0 Å². The average Bonchev–Trinajstić information content (AvgIpc) is 2.03. The normalized spacial score (nSPS) is 39.5. The van der Waals surface area contributed by atoms with Gasteiger partial charge in [-0.15, -0.1) is 0 Å². The van der Waals surface area contributed by atoms with Crippen LogP contribution in [0.15, 0.2) is 0 Å². The Hall–Kier alpha value is -0.0400. The van der Waals surface area contributed by atoms with Gasteiger partial charge in [0, 0.05) is 6.61 Å². The van der Waals surface area contributed by atoms with Crippen molar-refractivity contribution in [2.45, 2.75) is 40.0 Å². The first-order valence-electron chi connectivity index (χ1n) is 5.26. The molecule has 0 aromatic rings. The summed E-state index contributed by atoms with van der Waals surface area (Å²) in [4.78, 5) is 0. The van der Waals surface area contributed by atoms with E-state index in [1.807, 2.05) is 0 Å². The van der Waals surface area contributed by atoms with Crippen LogP contribution in [0.1, 0.15) is 40.0 Å². The Kier molecular flexibility index (Phi) is 3.57. The third kappa shape index (κ3) is 2.22. The van der Waals surface area contributed by atoms with E-state index in [9.17, 15) is 0 Å². The molecule has 1 aliphatic carbocycles. The molecule has 1 rings (SSSR count). The van der Waals surface area contributed by atoms with Crippen molar-refractivity contribution in [2.75, 3.05) is 6.61 Å². The van der Waals surface area contributed by atoms with E-state index in [4.69, 9.17) is 5.11 Å². The molecule has 1 nitrogen and oxygen atoms in total. The summed E-state index contributed by atoms with van der Waals surface area (Å²) in [6.07, 6.45) is 4.04. The van der Waals surface area contributed by atoms with Crippen molar-refractivity contribution in [2.24, 2.45) is 23.7 Å². The van der Waals surface area contributed by atoms with Gasteiger partial charge in [0.2, 0.25) is 0 Å². The molecule has 0 radical (unpaired) electrons. The van der Waals surface area contributed by atoms with Gasteiger partial charge in [-0.1, -0.05) is 27.2 Å². The maximum Gasteiger partial charge on any atom is 0.0459 e. The van der Waals surface area contributed by atoms with Gasteiger partial charge < -0.3 is 5.11 Å². The molecule has 72 valence electrons. The first-order valence-corrected chi connectivity index (χ1v) is 5.26. The van der Waals surface area contributed by atoms with E-state index in [2.05, 4.69) is 20.8 Å². The third-order valence-electron chi connectivity index (χ3n) is 3.52. The number of aliphatic hydroxyl groups is 1. The largest absolute Gasteiger partial charge is 0.396 e. The van der Waals surface area contributed by atoms with Crippen molar-refractivity contribution in [1.82, 2.24) is 0 Å². The predicted octanol–water partition coefficient (Wildman–Crippen LogP) is 2.69. The van der Waals surface area contributed by atoms with E-state index in [1.54, 1.807) is 0 Å². The first kappa shape index (κ1) is 10.0. The maximum absolute atomic E-state index is 9.07. The summed E-state index contributed by atoms with van der Waals surface area (Å²) < 4.78 is 0. The smallest absolute Gasteiger partial charge is 0.0459 e. The van der Waals surface area contributed by atoms with Gasteiger partial charge in [-0.2, -0.15) is 0 Å². The summed E-state index contributed by atoms with van der Waals surface area (Å²) in [5.41, 5.74) is 0. The van der Waals surface area contributed by atoms with E-state index in [0.29, 0.717) is 12.5 Å². The Morgan fingerprint density at radius 2 is 2.00 bits per heavy atom. The lowest BCUT2D eigenvalue weighted by Gasteiger charge is -2.35. The fraction of sp³-hybridized carbons (Fsp3) is 1.00. The molecule has 4 unspecified atom stereocenters. The van der Waals surface area contributed by atoms with E-state index in [0.717, 1.165) is 17.8 Å². The summed E-state index contributed by atoms with van der Waals surface area (Å²) in [5, 5.41) is 9.07. The minimum Gasteiger partial charge on any atom is -0.396 e. The standard InChI is InChI=1S/C11H22O/c1-8-4-5-11(9(2)6-8)10(3)7-12/h8-12H,4-7H2,1-3H3. The highest BCUT2D eigenvalue weighted by Crippen LogP contribution is 2.37. The highest BCUT2D eigenvalue weighted by molar-refractivity contribution is 4.78. The van der Waals surface area contributed by atoms with Crippen molar-refractivity contribution < 1.29 is 5.11 Å². The maximum atomic E-state index is 9.07. The highest BCUT2D eigenvalue weighted by Gasteiger charge is 2.28. The molecule has 0 saturated heterocycles.